The molecule has 0 saturated carbocycles. The van der Waals surface area contributed by atoms with Crippen LogP contribution in [0.5, 0.6) is 5.75 Å². The zero-order valence-corrected chi connectivity index (χ0v) is 15.9. The predicted octanol–water partition coefficient (Wildman–Crippen LogP) is 5.16. The van der Waals surface area contributed by atoms with Crippen LogP contribution in [0.2, 0.25) is 0 Å². The second-order valence-electron chi connectivity index (χ2n) is 6.47. The molecule has 0 aliphatic carbocycles. The van der Waals surface area contributed by atoms with E-state index >= 15 is 0 Å². The van der Waals surface area contributed by atoms with Gasteiger partial charge in [0.05, 0.1) is 11.8 Å². The molecule has 0 saturated heterocycles. The van der Waals surface area contributed by atoms with E-state index < -0.39 is 0 Å². The van der Waals surface area contributed by atoms with E-state index in [1.165, 1.54) is 0 Å². The first kappa shape index (κ1) is 18.4. The molecule has 29 heavy (non-hydrogen) atoms. The van der Waals surface area contributed by atoms with Gasteiger partial charge in [-0.25, -0.2) is 15.0 Å². The van der Waals surface area contributed by atoms with Crippen molar-refractivity contribution in [2.24, 2.45) is 0 Å². The summed E-state index contributed by atoms with van der Waals surface area (Å²) in [6, 6.07) is 13.8. The van der Waals surface area contributed by atoms with Gasteiger partial charge in [0.15, 0.2) is 5.82 Å². The Bertz CT molecular complexity index is 1180. The van der Waals surface area contributed by atoms with Gasteiger partial charge in [-0.15, -0.1) is 0 Å². The number of hydrogen-bond acceptors (Lipinski definition) is 4. The van der Waals surface area contributed by atoms with Crippen molar-refractivity contribution >= 4 is 10.9 Å². The molecule has 0 fully saturated rings. The molecule has 2 heterocycles. The molecule has 2 aromatic heterocycles. The lowest BCUT2D eigenvalue weighted by Gasteiger charge is -2.08. The highest BCUT2D eigenvalue weighted by molar-refractivity contribution is 5.81. The van der Waals surface area contributed by atoms with E-state index in [0.717, 1.165) is 33.5 Å². The number of fused-ring (bicyclic) bond motifs is 1. The minimum absolute atomic E-state index is 0.426. The van der Waals surface area contributed by atoms with Crippen molar-refractivity contribution in [3.63, 3.8) is 0 Å². The van der Waals surface area contributed by atoms with Gasteiger partial charge in [0, 0.05) is 35.2 Å². The fourth-order valence-corrected chi connectivity index (χ4v) is 2.86. The van der Waals surface area contributed by atoms with Crippen LogP contribution >= 0.6 is 0 Å². The molecule has 0 N–H and O–H groups in total. The highest BCUT2D eigenvalue weighted by Gasteiger charge is 2.06. The summed E-state index contributed by atoms with van der Waals surface area (Å²) in [5.41, 5.74) is 3.73. The van der Waals surface area contributed by atoms with Gasteiger partial charge in [-0.1, -0.05) is 31.4 Å². The number of aromatic nitrogens is 4. The average molecular weight is 380 g/mol. The first-order valence-electron chi connectivity index (χ1n) is 9.18. The minimum atomic E-state index is 0.426. The van der Waals surface area contributed by atoms with Crippen LogP contribution in [0.15, 0.2) is 104 Å². The second kappa shape index (κ2) is 8.35. The number of allylic oxidation sites excluding steroid dienone is 2. The normalized spacial score (nSPS) is 11.0. The van der Waals surface area contributed by atoms with E-state index in [4.69, 9.17) is 9.72 Å². The van der Waals surface area contributed by atoms with Crippen molar-refractivity contribution < 1.29 is 4.74 Å². The molecule has 0 aliphatic heterocycles. The zero-order valence-electron chi connectivity index (χ0n) is 15.9. The molecule has 0 unspecified atom stereocenters. The molecular weight excluding hydrogens is 360 g/mol. The lowest BCUT2D eigenvalue weighted by molar-refractivity contribution is 0.356. The van der Waals surface area contributed by atoms with Crippen LogP contribution in [0.3, 0.4) is 0 Å². The van der Waals surface area contributed by atoms with Crippen LogP contribution in [-0.4, -0.2) is 26.1 Å². The summed E-state index contributed by atoms with van der Waals surface area (Å²) in [5, 5.41) is 0.978. The number of hydrogen-bond donors (Lipinski definition) is 0. The van der Waals surface area contributed by atoms with Crippen molar-refractivity contribution in [3.05, 3.63) is 104 Å². The summed E-state index contributed by atoms with van der Waals surface area (Å²) in [7, 11) is 0. The maximum Gasteiger partial charge on any atom is 0.159 e. The third-order valence-electron chi connectivity index (χ3n) is 4.37. The van der Waals surface area contributed by atoms with Crippen molar-refractivity contribution in [3.8, 4) is 22.8 Å². The largest absolute Gasteiger partial charge is 0.489 e. The summed E-state index contributed by atoms with van der Waals surface area (Å²) < 4.78 is 7.69. The van der Waals surface area contributed by atoms with Crippen molar-refractivity contribution in [2.75, 3.05) is 6.61 Å². The van der Waals surface area contributed by atoms with Crippen LogP contribution in [0.1, 0.15) is 0 Å². The van der Waals surface area contributed by atoms with Gasteiger partial charge in [-0.2, -0.15) is 0 Å². The SMILES string of the molecule is C=C/C=C\C(=C)COc1ccc(-c2ncc3cc(-n4ccnc4)ccc3n2)cc1. The molecule has 0 bridgehead atoms. The quantitative estimate of drug-likeness (QED) is 0.416. The van der Waals surface area contributed by atoms with Gasteiger partial charge in [0.2, 0.25) is 0 Å². The Balaban J connectivity index is 1.50. The first-order chi connectivity index (χ1) is 14.2. The third-order valence-corrected chi connectivity index (χ3v) is 4.37. The van der Waals surface area contributed by atoms with Gasteiger partial charge in [-0.05, 0) is 48.0 Å². The Hall–Kier alpha value is -3.99. The van der Waals surface area contributed by atoms with Crippen LogP contribution in [0, 0.1) is 0 Å². The average Bonchev–Trinajstić information content (AvgIpc) is 3.31. The summed E-state index contributed by atoms with van der Waals surface area (Å²) in [6.45, 7) is 8.01. The van der Waals surface area contributed by atoms with Gasteiger partial charge in [0.1, 0.15) is 12.4 Å². The Morgan fingerprint density at radius 3 is 2.76 bits per heavy atom. The highest BCUT2D eigenvalue weighted by Crippen LogP contribution is 2.23. The summed E-state index contributed by atoms with van der Waals surface area (Å²) in [4.78, 5) is 13.3. The Morgan fingerprint density at radius 1 is 1.14 bits per heavy atom. The van der Waals surface area contributed by atoms with Crippen LogP contribution in [0.25, 0.3) is 28.0 Å². The van der Waals surface area contributed by atoms with Gasteiger partial charge < -0.3 is 9.30 Å². The molecule has 142 valence electrons. The minimum Gasteiger partial charge on any atom is -0.489 e. The lowest BCUT2D eigenvalue weighted by atomic mass is 10.1. The molecule has 0 spiro atoms. The fraction of sp³-hybridized carbons (Fsp3) is 0.0417. The first-order valence-corrected chi connectivity index (χ1v) is 9.18. The molecule has 0 amide bonds. The van der Waals surface area contributed by atoms with E-state index in [-0.39, 0.29) is 0 Å². The van der Waals surface area contributed by atoms with Gasteiger partial charge >= 0.3 is 0 Å². The summed E-state index contributed by atoms with van der Waals surface area (Å²) in [5.74, 6) is 1.45. The lowest BCUT2D eigenvalue weighted by Crippen LogP contribution is -1.98. The molecule has 2 aromatic carbocycles. The van der Waals surface area contributed by atoms with Gasteiger partial charge in [-0.3, -0.25) is 0 Å². The van der Waals surface area contributed by atoms with Crippen molar-refractivity contribution in [1.82, 2.24) is 19.5 Å². The maximum absolute atomic E-state index is 5.74. The molecule has 5 heteroatoms. The molecule has 0 aliphatic rings. The number of benzene rings is 2. The summed E-state index contributed by atoms with van der Waals surface area (Å²) >= 11 is 0. The number of imidazole rings is 1. The van der Waals surface area contributed by atoms with E-state index in [0.29, 0.717) is 12.4 Å². The van der Waals surface area contributed by atoms with Crippen LogP contribution in [0.4, 0.5) is 0 Å². The smallest absolute Gasteiger partial charge is 0.159 e. The number of nitrogens with zero attached hydrogens (tertiary/aromatic N) is 4. The molecule has 4 aromatic rings. The van der Waals surface area contributed by atoms with Crippen LogP contribution < -0.4 is 4.74 Å². The highest BCUT2D eigenvalue weighted by atomic mass is 16.5. The number of rotatable bonds is 7. The molecule has 0 radical (unpaired) electrons. The standard InChI is InChI=1S/C24H20N4O/c1-3-4-5-18(2)16-29-22-9-6-19(7-10-22)24-26-15-20-14-21(8-11-23(20)27-24)28-13-12-25-17-28/h3-15,17H,1-2,16H2/b5-4-. The topological polar surface area (TPSA) is 52.8 Å². The fourth-order valence-electron chi connectivity index (χ4n) is 2.86. The van der Waals surface area contributed by atoms with E-state index in [1.807, 2.05) is 71.6 Å². The van der Waals surface area contributed by atoms with E-state index in [9.17, 15) is 0 Å². The summed E-state index contributed by atoms with van der Waals surface area (Å²) in [6.07, 6.45) is 12.7. The third kappa shape index (κ3) is 4.30. The van der Waals surface area contributed by atoms with Crippen molar-refractivity contribution in [2.45, 2.75) is 0 Å². The molecule has 0 atom stereocenters. The van der Waals surface area contributed by atoms with Gasteiger partial charge in [0.25, 0.3) is 0 Å². The predicted molar refractivity (Wildman–Crippen MR) is 116 cm³/mol. The van der Waals surface area contributed by atoms with Crippen LogP contribution in [-0.2, 0) is 0 Å². The number of ether oxygens (including phenoxy) is 1. The second-order valence-corrected chi connectivity index (χ2v) is 6.47. The molecule has 5 nitrogen and oxygen atoms in total. The molecular formula is C24H20N4O. The van der Waals surface area contributed by atoms with Crippen molar-refractivity contribution in [1.29, 1.82) is 0 Å². The van der Waals surface area contributed by atoms with E-state index in [1.54, 1.807) is 18.6 Å². The monoisotopic (exact) mass is 380 g/mol. The van der Waals surface area contributed by atoms with E-state index in [2.05, 4.69) is 23.1 Å². The maximum atomic E-state index is 5.74. The molecule has 4 rings (SSSR count). The Morgan fingerprint density at radius 2 is 2.00 bits per heavy atom. The zero-order chi connectivity index (χ0) is 20.1. The Kier molecular flexibility index (Phi) is 5.29. The Labute approximate surface area is 169 Å².